The summed E-state index contributed by atoms with van der Waals surface area (Å²) >= 11 is 0. The molecule has 0 aromatic carbocycles. The number of hydrogen-bond acceptors (Lipinski definition) is 5. The fourth-order valence-corrected chi connectivity index (χ4v) is 2.17. The third-order valence-electron chi connectivity index (χ3n) is 3.19. The van der Waals surface area contributed by atoms with Gasteiger partial charge in [0.25, 0.3) is 5.88 Å². The van der Waals surface area contributed by atoms with Crippen molar-refractivity contribution < 1.29 is 19.6 Å². The summed E-state index contributed by atoms with van der Waals surface area (Å²) in [6.07, 6.45) is 4.34. The van der Waals surface area contributed by atoms with Gasteiger partial charge in [0.05, 0.1) is 11.5 Å². The molecule has 1 aliphatic carbocycles. The van der Waals surface area contributed by atoms with E-state index >= 15 is 0 Å². The number of aromatic carboxylic acids is 1. The molecule has 0 spiro atoms. The fraction of sp³-hybridized carbons (Fsp3) is 0.500. The standard InChI is InChI=1S/C12H14N2O5/c15-12(16)9-5-6-10(14(17)18)11(13-9)19-7-8-3-1-2-4-8/h5-6,8H,1-4,7H2,(H,15,16). The number of nitrogens with zero attached hydrogens (tertiary/aromatic N) is 2. The highest BCUT2D eigenvalue weighted by molar-refractivity contribution is 5.85. The molecule has 1 saturated carbocycles. The summed E-state index contributed by atoms with van der Waals surface area (Å²) in [4.78, 5) is 24.7. The predicted octanol–water partition coefficient (Wildman–Crippen LogP) is 2.26. The lowest BCUT2D eigenvalue weighted by Gasteiger charge is -2.10. The molecule has 7 nitrogen and oxygen atoms in total. The largest absolute Gasteiger partial charge is 0.477 e. The first-order valence-electron chi connectivity index (χ1n) is 6.09. The number of aromatic nitrogens is 1. The summed E-state index contributed by atoms with van der Waals surface area (Å²) in [5.74, 6) is -1.08. The summed E-state index contributed by atoms with van der Waals surface area (Å²) in [6.45, 7) is 0.344. The van der Waals surface area contributed by atoms with E-state index < -0.39 is 10.9 Å². The van der Waals surface area contributed by atoms with Crippen LogP contribution in [-0.2, 0) is 0 Å². The van der Waals surface area contributed by atoms with E-state index in [0.717, 1.165) is 37.8 Å². The van der Waals surface area contributed by atoms with Gasteiger partial charge < -0.3 is 9.84 Å². The smallest absolute Gasteiger partial charge is 0.354 e. The van der Waals surface area contributed by atoms with Crippen LogP contribution >= 0.6 is 0 Å². The van der Waals surface area contributed by atoms with Crippen LogP contribution in [-0.4, -0.2) is 27.6 Å². The predicted molar refractivity (Wildman–Crippen MR) is 65.3 cm³/mol. The third-order valence-corrected chi connectivity index (χ3v) is 3.19. The summed E-state index contributed by atoms with van der Waals surface area (Å²) in [6, 6.07) is 2.21. The Labute approximate surface area is 109 Å². The van der Waals surface area contributed by atoms with Gasteiger partial charge >= 0.3 is 11.7 Å². The number of nitro groups is 1. The van der Waals surface area contributed by atoms with E-state index in [-0.39, 0.29) is 17.3 Å². The molecular weight excluding hydrogens is 252 g/mol. The van der Waals surface area contributed by atoms with Crippen molar-refractivity contribution in [2.24, 2.45) is 5.92 Å². The van der Waals surface area contributed by atoms with Crippen molar-refractivity contribution in [3.63, 3.8) is 0 Å². The number of carboxylic acids is 1. The molecule has 1 aromatic heterocycles. The van der Waals surface area contributed by atoms with Crippen molar-refractivity contribution in [3.05, 3.63) is 27.9 Å². The third kappa shape index (κ3) is 3.18. The molecule has 0 amide bonds. The van der Waals surface area contributed by atoms with Gasteiger partial charge in [-0.2, -0.15) is 0 Å². The monoisotopic (exact) mass is 266 g/mol. The minimum atomic E-state index is -1.24. The van der Waals surface area contributed by atoms with Crippen molar-refractivity contribution in [3.8, 4) is 5.88 Å². The molecule has 1 aliphatic rings. The Balaban J connectivity index is 2.16. The molecule has 0 atom stereocenters. The van der Waals surface area contributed by atoms with Gasteiger partial charge in [-0.05, 0) is 24.8 Å². The maximum atomic E-state index is 10.8. The van der Waals surface area contributed by atoms with Crippen LogP contribution in [0.4, 0.5) is 5.69 Å². The molecule has 1 heterocycles. The first-order chi connectivity index (χ1) is 9.08. The highest BCUT2D eigenvalue weighted by atomic mass is 16.6. The first kappa shape index (κ1) is 13.3. The number of hydrogen-bond donors (Lipinski definition) is 1. The molecule has 19 heavy (non-hydrogen) atoms. The lowest BCUT2D eigenvalue weighted by atomic mass is 10.1. The van der Waals surface area contributed by atoms with Crippen LogP contribution in [0.2, 0.25) is 0 Å². The fourth-order valence-electron chi connectivity index (χ4n) is 2.17. The summed E-state index contributed by atoms with van der Waals surface area (Å²) in [5.41, 5.74) is -0.560. The van der Waals surface area contributed by atoms with Crippen LogP contribution in [0.1, 0.15) is 36.2 Å². The van der Waals surface area contributed by atoms with Gasteiger partial charge in [-0.25, -0.2) is 9.78 Å². The molecule has 0 radical (unpaired) electrons. The molecule has 0 unspecified atom stereocenters. The second kappa shape index (κ2) is 5.64. The van der Waals surface area contributed by atoms with E-state index in [1.807, 2.05) is 0 Å². The Morgan fingerprint density at radius 2 is 2.16 bits per heavy atom. The van der Waals surface area contributed by atoms with Crippen molar-refractivity contribution >= 4 is 11.7 Å². The van der Waals surface area contributed by atoms with Crippen LogP contribution < -0.4 is 4.74 Å². The minimum absolute atomic E-state index is 0.211. The second-order valence-electron chi connectivity index (χ2n) is 4.54. The van der Waals surface area contributed by atoms with Gasteiger partial charge in [0.1, 0.15) is 0 Å². The van der Waals surface area contributed by atoms with Crippen molar-refractivity contribution in [1.82, 2.24) is 4.98 Å². The van der Waals surface area contributed by atoms with Gasteiger partial charge in [0, 0.05) is 6.07 Å². The topological polar surface area (TPSA) is 103 Å². The van der Waals surface area contributed by atoms with Crippen molar-refractivity contribution in [2.75, 3.05) is 6.61 Å². The number of ether oxygens (including phenoxy) is 1. The Kier molecular flexibility index (Phi) is 3.94. The number of rotatable bonds is 5. The Morgan fingerprint density at radius 1 is 1.47 bits per heavy atom. The number of pyridine rings is 1. The average molecular weight is 266 g/mol. The molecule has 7 heteroatoms. The molecule has 0 saturated heterocycles. The number of carbonyl (C=O) groups is 1. The Bertz CT molecular complexity index is 497. The van der Waals surface area contributed by atoms with Crippen LogP contribution in [0.25, 0.3) is 0 Å². The molecule has 1 fully saturated rings. The van der Waals surface area contributed by atoms with E-state index in [9.17, 15) is 14.9 Å². The SMILES string of the molecule is O=C(O)c1ccc([N+](=O)[O-])c(OCC2CCCC2)n1. The van der Waals surface area contributed by atoms with Gasteiger partial charge in [-0.3, -0.25) is 10.1 Å². The summed E-state index contributed by atoms with van der Waals surface area (Å²) in [7, 11) is 0. The zero-order valence-electron chi connectivity index (χ0n) is 10.2. The highest BCUT2D eigenvalue weighted by Crippen LogP contribution is 2.28. The maximum absolute atomic E-state index is 10.8. The molecule has 2 rings (SSSR count). The second-order valence-corrected chi connectivity index (χ2v) is 4.54. The zero-order valence-corrected chi connectivity index (χ0v) is 10.2. The lowest BCUT2D eigenvalue weighted by molar-refractivity contribution is -0.386. The molecule has 1 aromatic rings. The van der Waals surface area contributed by atoms with Crippen LogP contribution in [0.15, 0.2) is 12.1 Å². The summed E-state index contributed by atoms with van der Waals surface area (Å²) < 4.78 is 5.36. The minimum Gasteiger partial charge on any atom is -0.477 e. The van der Waals surface area contributed by atoms with Gasteiger partial charge in [0.2, 0.25) is 0 Å². The van der Waals surface area contributed by atoms with Crippen LogP contribution in [0, 0.1) is 16.0 Å². The maximum Gasteiger partial charge on any atom is 0.354 e. The van der Waals surface area contributed by atoms with E-state index in [2.05, 4.69) is 4.98 Å². The zero-order chi connectivity index (χ0) is 13.8. The van der Waals surface area contributed by atoms with Gasteiger partial charge in [-0.1, -0.05) is 12.8 Å². The number of carboxylic acid groups (broad SMARTS) is 1. The molecule has 1 N–H and O–H groups in total. The molecule has 102 valence electrons. The van der Waals surface area contributed by atoms with E-state index in [4.69, 9.17) is 9.84 Å². The van der Waals surface area contributed by atoms with Gasteiger partial charge in [0.15, 0.2) is 5.69 Å². The Hall–Kier alpha value is -2.18. The van der Waals surface area contributed by atoms with E-state index in [0.29, 0.717) is 12.5 Å². The van der Waals surface area contributed by atoms with Crippen molar-refractivity contribution in [2.45, 2.75) is 25.7 Å². The normalized spacial score (nSPS) is 15.4. The van der Waals surface area contributed by atoms with Crippen LogP contribution in [0.5, 0.6) is 5.88 Å². The van der Waals surface area contributed by atoms with E-state index in [1.165, 1.54) is 0 Å². The average Bonchev–Trinajstić information content (AvgIpc) is 2.88. The summed E-state index contributed by atoms with van der Waals surface area (Å²) in [5, 5.41) is 19.7. The Morgan fingerprint density at radius 3 is 2.74 bits per heavy atom. The molecular formula is C12H14N2O5. The highest BCUT2D eigenvalue weighted by Gasteiger charge is 2.22. The van der Waals surface area contributed by atoms with Crippen LogP contribution in [0.3, 0.4) is 0 Å². The van der Waals surface area contributed by atoms with E-state index in [1.54, 1.807) is 0 Å². The molecule has 0 aliphatic heterocycles. The first-order valence-corrected chi connectivity index (χ1v) is 6.09. The lowest BCUT2D eigenvalue weighted by Crippen LogP contribution is -2.11. The van der Waals surface area contributed by atoms with Crippen molar-refractivity contribution in [1.29, 1.82) is 0 Å². The van der Waals surface area contributed by atoms with Gasteiger partial charge in [-0.15, -0.1) is 0 Å². The quantitative estimate of drug-likeness (QED) is 0.647. The molecule has 0 bridgehead atoms.